The van der Waals surface area contributed by atoms with Crippen LogP contribution < -0.4 is 5.14 Å². The Morgan fingerprint density at radius 1 is 1.12 bits per heavy atom. The Morgan fingerprint density at radius 2 is 1.84 bits per heavy atom. The fraction of sp³-hybridized carbons (Fsp3) is 0.150. The standard InChI is InChI=1S/C20H19NO3S/c1-12-10-14-6-3-4-7-16(14)20(17(12)11-19(22)23)15-8-5-9-18(13(15)2)25(21)24/h3-10H,11,21H2,1-2H3,(H,22,23). The van der Waals surface area contributed by atoms with E-state index in [1.54, 1.807) is 6.07 Å². The van der Waals surface area contributed by atoms with Crippen molar-refractivity contribution < 1.29 is 14.1 Å². The number of carboxylic acid groups (broad SMARTS) is 1. The van der Waals surface area contributed by atoms with E-state index in [0.717, 1.165) is 38.6 Å². The van der Waals surface area contributed by atoms with Crippen LogP contribution in [0, 0.1) is 13.8 Å². The maximum Gasteiger partial charge on any atom is 0.307 e. The molecule has 0 heterocycles. The molecule has 0 spiro atoms. The topological polar surface area (TPSA) is 80.4 Å². The van der Waals surface area contributed by atoms with Gasteiger partial charge in [0.25, 0.3) is 0 Å². The number of carboxylic acids is 1. The third-order valence-corrected chi connectivity index (χ3v) is 5.35. The Labute approximate surface area is 148 Å². The molecule has 3 N–H and O–H groups in total. The van der Waals surface area contributed by atoms with Crippen molar-refractivity contribution in [1.29, 1.82) is 0 Å². The quantitative estimate of drug-likeness (QED) is 0.750. The maximum atomic E-state index is 11.8. The summed E-state index contributed by atoms with van der Waals surface area (Å²) in [5.41, 5.74) is 4.25. The Hall–Kier alpha value is -2.50. The first-order valence-electron chi connectivity index (χ1n) is 7.89. The Balaban J connectivity index is 2.44. The molecular weight excluding hydrogens is 334 g/mol. The minimum atomic E-state index is -1.60. The molecule has 0 aliphatic rings. The second-order valence-electron chi connectivity index (χ2n) is 6.06. The van der Waals surface area contributed by atoms with E-state index < -0.39 is 17.0 Å². The minimum Gasteiger partial charge on any atom is -0.481 e. The average molecular weight is 353 g/mol. The molecule has 0 fully saturated rings. The summed E-state index contributed by atoms with van der Waals surface area (Å²) in [5.74, 6) is -0.879. The lowest BCUT2D eigenvalue weighted by molar-refractivity contribution is -0.136. The largest absolute Gasteiger partial charge is 0.481 e. The molecule has 0 aromatic heterocycles. The van der Waals surface area contributed by atoms with E-state index in [0.29, 0.717) is 4.90 Å². The van der Waals surface area contributed by atoms with Crippen LogP contribution in [0.5, 0.6) is 0 Å². The molecule has 25 heavy (non-hydrogen) atoms. The molecule has 1 unspecified atom stereocenters. The minimum absolute atomic E-state index is 0.0681. The number of hydrogen-bond acceptors (Lipinski definition) is 2. The summed E-state index contributed by atoms with van der Waals surface area (Å²) in [7, 11) is -1.60. The fourth-order valence-corrected chi connectivity index (χ4v) is 3.94. The van der Waals surface area contributed by atoms with Gasteiger partial charge in [0, 0.05) is 0 Å². The van der Waals surface area contributed by atoms with Crippen LogP contribution in [0.1, 0.15) is 16.7 Å². The molecule has 3 aromatic carbocycles. The number of aryl methyl sites for hydroxylation is 1. The highest BCUT2D eigenvalue weighted by molar-refractivity contribution is 7.82. The van der Waals surface area contributed by atoms with Gasteiger partial charge in [-0.1, -0.05) is 42.5 Å². The summed E-state index contributed by atoms with van der Waals surface area (Å²) in [6.07, 6.45) is -0.0681. The molecule has 0 saturated heterocycles. The highest BCUT2D eigenvalue weighted by Crippen LogP contribution is 2.37. The number of hydrogen-bond donors (Lipinski definition) is 2. The second kappa shape index (κ2) is 6.78. The third-order valence-electron chi connectivity index (χ3n) is 4.48. The van der Waals surface area contributed by atoms with Crippen molar-refractivity contribution >= 4 is 27.7 Å². The van der Waals surface area contributed by atoms with Crippen molar-refractivity contribution in [3.8, 4) is 11.1 Å². The van der Waals surface area contributed by atoms with Crippen molar-refractivity contribution in [3.63, 3.8) is 0 Å². The van der Waals surface area contributed by atoms with Crippen LogP contribution in [0.15, 0.2) is 53.4 Å². The number of fused-ring (bicyclic) bond motifs is 1. The van der Waals surface area contributed by atoms with Gasteiger partial charge in [0.15, 0.2) is 0 Å². The molecule has 3 aromatic rings. The van der Waals surface area contributed by atoms with Gasteiger partial charge >= 0.3 is 5.97 Å². The zero-order valence-corrected chi connectivity index (χ0v) is 14.9. The van der Waals surface area contributed by atoms with Crippen LogP contribution in [0.25, 0.3) is 21.9 Å². The van der Waals surface area contributed by atoms with Crippen LogP contribution in [-0.4, -0.2) is 15.3 Å². The van der Waals surface area contributed by atoms with Crippen molar-refractivity contribution in [2.75, 3.05) is 0 Å². The number of aliphatic carboxylic acids is 1. The second-order valence-corrected chi connectivity index (χ2v) is 7.10. The number of benzene rings is 3. The summed E-state index contributed by atoms with van der Waals surface area (Å²) >= 11 is 0. The van der Waals surface area contributed by atoms with Gasteiger partial charge in [-0.15, -0.1) is 0 Å². The summed E-state index contributed by atoms with van der Waals surface area (Å²) in [4.78, 5) is 12.0. The molecule has 0 amide bonds. The highest BCUT2D eigenvalue weighted by Gasteiger charge is 2.18. The van der Waals surface area contributed by atoms with Gasteiger partial charge < -0.3 is 5.11 Å². The smallest absolute Gasteiger partial charge is 0.307 e. The van der Waals surface area contributed by atoms with Crippen LogP contribution in [0.3, 0.4) is 0 Å². The van der Waals surface area contributed by atoms with E-state index in [1.165, 1.54) is 0 Å². The van der Waals surface area contributed by atoms with Crippen LogP contribution in [-0.2, 0) is 22.2 Å². The normalized spacial score (nSPS) is 12.3. The first-order valence-corrected chi connectivity index (χ1v) is 9.10. The van der Waals surface area contributed by atoms with Gasteiger partial charge in [-0.25, -0.2) is 9.35 Å². The average Bonchev–Trinajstić information content (AvgIpc) is 2.55. The molecular formula is C20H19NO3S. The van der Waals surface area contributed by atoms with E-state index >= 15 is 0 Å². The van der Waals surface area contributed by atoms with Gasteiger partial charge in [-0.2, -0.15) is 0 Å². The summed E-state index contributed by atoms with van der Waals surface area (Å²) < 4.78 is 11.8. The van der Waals surface area contributed by atoms with Gasteiger partial charge in [-0.05, 0) is 58.5 Å². The Morgan fingerprint density at radius 3 is 2.52 bits per heavy atom. The maximum absolute atomic E-state index is 11.8. The highest BCUT2D eigenvalue weighted by atomic mass is 32.2. The summed E-state index contributed by atoms with van der Waals surface area (Å²) in [6, 6.07) is 15.4. The molecule has 1 atom stereocenters. The first-order chi connectivity index (χ1) is 11.9. The van der Waals surface area contributed by atoms with E-state index in [9.17, 15) is 14.1 Å². The van der Waals surface area contributed by atoms with Gasteiger partial charge in [0.2, 0.25) is 0 Å². The predicted molar refractivity (Wildman–Crippen MR) is 101 cm³/mol. The molecule has 4 nitrogen and oxygen atoms in total. The van der Waals surface area contributed by atoms with Gasteiger partial charge in [-0.3, -0.25) is 4.79 Å². The van der Waals surface area contributed by atoms with Crippen molar-refractivity contribution in [2.24, 2.45) is 5.14 Å². The van der Waals surface area contributed by atoms with Crippen LogP contribution in [0.2, 0.25) is 0 Å². The van der Waals surface area contributed by atoms with Gasteiger partial charge in [0.05, 0.1) is 11.3 Å². The molecule has 3 rings (SSSR count). The first kappa shape index (κ1) is 17.3. The number of rotatable bonds is 4. The summed E-state index contributed by atoms with van der Waals surface area (Å²) in [6.45, 7) is 3.80. The monoisotopic (exact) mass is 353 g/mol. The fourth-order valence-electron chi connectivity index (χ4n) is 3.32. The Bertz CT molecular complexity index is 1010. The number of nitrogens with two attached hydrogens (primary N) is 1. The van der Waals surface area contributed by atoms with Crippen molar-refractivity contribution in [2.45, 2.75) is 25.2 Å². The molecule has 0 radical (unpaired) electrons. The molecule has 0 aliphatic carbocycles. The van der Waals surface area contributed by atoms with Crippen molar-refractivity contribution in [3.05, 3.63) is 65.2 Å². The molecule has 128 valence electrons. The van der Waals surface area contributed by atoms with Crippen molar-refractivity contribution in [1.82, 2.24) is 0 Å². The molecule has 5 heteroatoms. The predicted octanol–water partition coefficient (Wildman–Crippen LogP) is 3.73. The summed E-state index contributed by atoms with van der Waals surface area (Å²) in [5, 5.41) is 17.0. The zero-order chi connectivity index (χ0) is 18.1. The van der Waals surface area contributed by atoms with Crippen LogP contribution >= 0.6 is 0 Å². The van der Waals surface area contributed by atoms with Crippen LogP contribution in [0.4, 0.5) is 0 Å². The SMILES string of the molecule is Cc1cc2ccccc2c(-c2cccc(S(N)=O)c2C)c1CC(=O)O. The lowest BCUT2D eigenvalue weighted by Crippen LogP contribution is -2.08. The van der Waals surface area contributed by atoms with Gasteiger partial charge in [0.1, 0.15) is 11.0 Å². The number of carbonyl (C=O) groups is 1. The Kier molecular flexibility index (Phi) is 4.70. The lowest BCUT2D eigenvalue weighted by Gasteiger charge is -2.18. The van der Waals surface area contributed by atoms with E-state index in [4.69, 9.17) is 5.14 Å². The van der Waals surface area contributed by atoms with E-state index in [-0.39, 0.29) is 6.42 Å². The van der Waals surface area contributed by atoms with E-state index in [1.807, 2.05) is 56.3 Å². The molecule has 0 saturated carbocycles. The molecule has 0 bridgehead atoms. The molecule has 0 aliphatic heterocycles. The third kappa shape index (κ3) is 3.21. The zero-order valence-electron chi connectivity index (χ0n) is 14.1. The van der Waals surface area contributed by atoms with E-state index in [2.05, 4.69) is 0 Å². The lowest BCUT2D eigenvalue weighted by atomic mass is 9.87.